The maximum Gasteiger partial charge on any atom is 0.226 e. The SMILES string of the molecule is CCCN(C(=O)C1CCOCC1)[C@H]1CCCN(Cc2ccccc2)C1. The van der Waals surface area contributed by atoms with Crippen molar-refractivity contribution >= 4 is 5.91 Å². The molecule has 4 heteroatoms. The van der Waals surface area contributed by atoms with Crippen molar-refractivity contribution in [2.75, 3.05) is 32.8 Å². The number of amides is 1. The fraction of sp³-hybridized carbons (Fsp3) is 0.667. The van der Waals surface area contributed by atoms with Crippen molar-refractivity contribution in [1.29, 1.82) is 0 Å². The zero-order valence-electron chi connectivity index (χ0n) is 15.5. The van der Waals surface area contributed by atoms with Gasteiger partial charge in [-0.1, -0.05) is 37.3 Å². The van der Waals surface area contributed by atoms with Gasteiger partial charge in [0.2, 0.25) is 5.91 Å². The minimum atomic E-state index is 0.171. The summed E-state index contributed by atoms with van der Waals surface area (Å²) in [5.41, 5.74) is 1.36. The van der Waals surface area contributed by atoms with Crippen LogP contribution in [-0.4, -0.2) is 54.6 Å². The van der Waals surface area contributed by atoms with Gasteiger partial charge in [0.15, 0.2) is 0 Å². The van der Waals surface area contributed by atoms with Crippen LogP contribution in [0, 0.1) is 5.92 Å². The topological polar surface area (TPSA) is 32.8 Å². The van der Waals surface area contributed by atoms with E-state index in [1.54, 1.807) is 0 Å². The monoisotopic (exact) mass is 344 g/mol. The van der Waals surface area contributed by atoms with Crippen LogP contribution in [0.5, 0.6) is 0 Å². The first-order chi connectivity index (χ1) is 12.3. The molecule has 2 heterocycles. The molecule has 0 radical (unpaired) electrons. The molecule has 0 aromatic heterocycles. The smallest absolute Gasteiger partial charge is 0.226 e. The van der Waals surface area contributed by atoms with E-state index in [1.165, 1.54) is 12.0 Å². The van der Waals surface area contributed by atoms with Gasteiger partial charge in [0, 0.05) is 44.8 Å². The Morgan fingerprint density at radius 2 is 1.96 bits per heavy atom. The number of carbonyl (C=O) groups excluding carboxylic acids is 1. The third-order valence-corrected chi connectivity index (χ3v) is 5.49. The number of hydrogen-bond donors (Lipinski definition) is 0. The van der Waals surface area contributed by atoms with Crippen LogP contribution in [0.15, 0.2) is 30.3 Å². The molecule has 0 N–H and O–H groups in total. The molecule has 1 aromatic carbocycles. The Hall–Kier alpha value is -1.39. The van der Waals surface area contributed by atoms with E-state index in [9.17, 15) is 4.79 Å². The number of nitrogens with zero attached hydrogens (tertiary/aromatic N) is 2. The molecule has 0 bridgehead atoms. The van der Waals surface area contributed by atoms with E-state index in [2.05, 4.69) is 47.1 Å². The molecular formula is C21H32N2O2. The summed E-state index contributed by atoms with van der Waals surface area (Å²) in [4.78, 5) is 17.8. The van der Waals surface area contributed by atoms with Crippen molar-refractivity contribution in [3.63, 3.8) is 0 Å². The van der Waals surface area contributed by atoms with Crippen molar-refractivity contribution in [1.82, 2.24) is 9.80 Å². The van der Waals surface area contributed by atoms with Gasteiger partial charge in [-0.15, -0.1) is 0 Å². The number of piperidine rings is 1. The first-order valence-electron chi connectivity index (χ1n) is 9.92. The van der Waals surface area contributed by atoms with Crippen molar-refractivity contribution in [2.24, 2.45) is 5.92 Å². The molecule has 1 aromatic rings. The van der Waals surface area contributed by atoms with Crippen LogP contribution < -0.4 is 0 Å². The van der Waals surface area contributed by atoms with E-state index >= 15 is 0 Å². The molecule has 1 amide bonds. The van der Waals surface area contributed by atoms with Crippen LogP contribution in [0.4, 0.5) is 0 Å². The van der Waals surface area contributed by atoms with Crippen LogP contribution in [0.3, 0.4) is 0 Å². The van der Waals surface area contributed by atoms with Gasteiger partial charge in [0.1, 0.15) is 0 Å². The van der Waals surface area contributed by atoms with Gasteiger partial charge < -0.3 is 9.64 Å². The minimum Gasteiger partial charge on any atom is -0.381 e. The summed E-state index contributed by atoms with van der Waals surface area (Å²) >= 11 is 0. The lowest BCUT2D eigenvalue weighted by Crippen LogP contribution is -2.52. The maximum absolute atomic E-state index is 13.1. The summed E-state index contributed by atoms with van der Waals surface area (Å²) in [5, 5.41) is 0. The molecule has 0 aliphatic carbocycles. The highest BCUT2D eigenvalue weighted by molar-refractivity contribution is 5.79. The molecule has 0 unspecified atom stereocenters. The van der Waals surface area contributed by atoms with E-state index in [0.29, 0.717) is 11.9 Å². The summed E-state index contributed by atoms with van der Waals surface area (Å²) < 4.78 is 5.44. The van der Waals surface area contributed by atoms with Crippen molar-refractivity contribution in [3.8, 4) is 0 Å². The average Bonchev–Trinajstić information content (AvgIpc) is 2.67. The van der Waals surface area contributed by atoms with Crippen molar-refractivity contribution in [2.45, 2.75) is 51.6 Å². The largest absolute Gasteiger partial charge is 0.381 e. The molecule has 1 atom stereocenters. The zero-order chi connectivity index (χ0) is 17.5. The van der Waals surface area contributed by atoms with Gasteiger partial charge in [-0.3, -0.25) is 9.69 Å². The fourth-order valence-electron chi connectivity index (χ4n) is 4.16. The number of benzene rings is 1. The Morgan fingerprint density at radius 1 is 1.20 bits per heavy atom. The first-order valence-corrected chi connectivity index (χ1v) is 9.92. The summed E-state index contributed by atoms with van der Waals surface area (Å²) in [5.74, 6) is 0.543. The lowest BCUT2D eigenvalue weighted by molar-refractivity contribution is -0.142. The summed E-state index contributed by atoms with van der Waals surface area (Å²) in [6, 6.07) is 11.0. The van der Waals surface area contributed by atoms with Gasteiger partial charge in [-0.2, -0.15) is 0 Å². The quantitative estimate of drug-likeness (QED) is 0.794. The molecule has 25 heavy (non-hydrogen) atoms. The molecular weight excluding hydrogens is 312 g/mol. The van der Waals surface area contributed by atoms with Crippen molar-refractivity contribution in [3.05, 3.63) is 35.9 Å². The van der Waals surface area contributed by atoms with Crippen LogP contribution in [-0.2, 0) is 16.1 Å². The predicted octanol–water partition coefficient (Wildman–Crippen LogP) is 3.32. The second-order valence-corrected chi connectivity index (χ2v) is 7.44. The fourth-order valence-corrected chi connectivity index (χ4v) is 4.16. The Morgan fingerprint density at radius 3 is 2.68 bits per heavy atom. The Balaban J connectivity index is 1.62. The van der Waals surface area contributed by atoms with Gasteiger partial charge in [0.05, 0.1) is 0 Å². The standard InChI is InChI=1S/C21H32N2O2/c1-2-12-23(21(24)19-10-14-25-15-11-19)20-9-6-13-22(17-20)16-18-7-4-3-5-8-18/h3-5,7-8,19-20H,2,6,9-17H2,1H3/t20-/m0/s1. The van der Waals surface area contributed by atoms with E-state index < -0.39 is 0 Å². The highest BCUT2D eigenvalue weighted by Gasteiger charge is 2.32. The van der Waals surface area contributed by atoms with E-state index in [0.717, 1.165) is 65.1 Å². The molecule has 0 spiro atoms. The molecule has 2 aliphatic rings. The van der Waals surface area contributed by atoms with Crippen LogP contribution >= 0.6 is 0 Å². The van der Waals surface area contributed by atoms with E-state index in [-0.39, 0.29) is 5.92 Å². The molecule has 2 saturated heterocycles. The zero-order valence-corrected chi connectivity index (χ0v) is 15.5. The number of carbonyl (C=O) groups is 1. The second-order valence-electron chi connectivity index (χ2n) is 7.44. The number of ether oxygens (including phenoxy) is 1. The van der Waals surface area contributed by atoms with Crippen LogP contribution in [0.2, 0.25) is 0 Å². The molecule has 2 aliphatic heterocycles. The molecule has 3 rings (SSSR count). The van der Waals surface area contributed by atoms with Gasteiger partial charge >= 0.3 is 0 Å². The Labute approximate surface area is 152 Å². The van der Waals surface area contributed by atoms with E-state index in [1.807, 2.05) is 0 Å². The third-order valence-electron chi connectivity index (χ3n) is 5.49. The average molecular weight is 344 g/mol. The summed E-state index contributed by atoms with van der Waals surface area (Å²) in [6.45, 7) is 7.67. The second kappa shape index (κ2) is 9.35. The molecule has 4 nitrogen and oxygen atoms in total. The van der Waals surface area contributed by atoms with Gasteiger partial charge in [0.25, 0.3) is 0 Å². The lowest BCUT2D eigenvalue weighted by Gasteiger charge is -2.41. The molecule has 2 fully saturated rings. The number of likely N-dealkylation sites (tertiary alicyclic amines) is 1. The maximum atomic E-state index is 13.1. The lowest BCUT2D eigenvalue weighted by atomic mass is 9.95. The number of rotatable bonds is 6. The van der Waals surface area contributed by atoms with Crippen LogP contribution in [0.25, 0.3) is 0 Å². The Kier molecular flexibility index (Phi) is 6.88. The molecule has 0 saturated carbocycles. The van der Waals surface area contributed by atoms with Crippen LogP contribution in [0.1, 0.15) is 44.6 Å². The third kappa shape index (κ3) is 5.05. The van der Waals surface area contributed by atoms with Crippen molar-refractivity contribution < 1.29 is 9.53 Å². The minimum absolute atomic E-state index is 0.171. The van der Waals surface area contributed by atoms with Gasteiger partial charge in [-0.25, -0.2) is 0 Å². The first kappa shape index (κ1) is 18.4. The van der Waals surface area contributed by atoms with Gasteiger partial charge in [-0.05, 0) is 44.2 Å². The number of hydrogen-bond acceptors (Lipinski definition) is 3. The summed E-state index contributed by atoms with van der Waals surface area (Å²) in [7, 11) is 0. The summed E-state index contributed by atoms with van der Waals surface area (Å²) in [6.07, 6.45) is 5.13. The van der Waals surface area contributed by atoms with E-state index in [4.69, 9.17) is 4.74 Å². The Bertz CT molecular complexity index is 528. The normalized spacial score (nSPS) is 22.7. The highest BCUT2D eigenvalue weighted by Crippen LogP contribution is 2.24. The molecule has 138 valence electrons. The predicted molar refractivity (Wildman–Crippen MR) is 100 cm³/mol. The highest BCUT2D eigenvalue weighted by atomic mass is 16.5.